The molecule has 2 N–H and O–H groups in total. The lowest BCUT2D eigenvalue weighted by atomic mass is 10.0. The van der Waals surface area contributed by atoms with Gasteiger partial charge in [0.1, 0.15) is 0 Å². The largest absolute Gasteiger partial charge is 0.393 e. The summed E-state index contributed by atoms with van der Waals surface area (Å²) in [7, 11) is 0. The first-order valence-corrected chi connectivity index (χ1v) is 8.57. The van der Waals surface area contributed by atoms with E-state index in [1.54, 1.807) is 0 Å². The van der Waals surface area contributed by atoms with Gasteiger partial charge in [0.05, 0.1) is 19.3 Å². The fourth-order valence-corrected chi connectivity index (χ4v) is 3.70. The number of nitrogens with one attached hydrogen (secondary N) is 1. The van der Waals surface area contributed by atoms with Crippen molar-refractivity contribution >= 4 is 17.6 Å². The normalized spacial score (nSPS) is 26.3. The van der Waals surface area contributed by atoms with Crippen molar-refractivity contribution in [3.63, 3.8) is 0 Å². The highest BCUT2D eigenvalue weighted by Gasteiger charge is 2.42. The van der Waals surface area contributed by atoms with Crippen molar-refractivity contribution in [1.29, 1.82) is 0 Å². The van der Waals surface area contributed by atoms with Gasteiger partial charge in [-0.3, -0.25) is 0 Å². The molecule has 0 spiro atoms. The predicted molar refractivity (Wildman–Crippen MR) is 88.4 cm³/mol. The van der Waals surface area contributed by atoms with Gasteiger partial charge in [0.25, 0.3) is 0 Å². The maximum atomic E-state index is 12.3. The fourth-order valence-electron chi connectivity index (χ4n) is 3.57. The second-order valence-electron chi connectivity index (χ2n) is 6.33. The van der Waals surface area contributed by atoms with Crippen molar-refractivity contribution in [3.8, 4) is 0 Å². The van der Waals surface area contributed by atoms with Crippen LogP contribution in [0.3, 0.4) is 0 Å². The van der Waals surface area contributed by atoms with Crippen molar-refractivity contribution in [1.82, 2.24) is 10.2 Å². The lowest BCUT2D eigenvalue weighted by Gasteiger charge is -2.37. The molecule has 2 aliphatic heterocycles. The first-order chi connectivity index (χ1) is 11.1. The topological polar surface area (TPSA) is 61.8 Å². The lowest BCUT2D eigenvalue weighted by Crippen LogP contribution is -2.52. The quantitative estimate of drug-likeness (QED) is 0.811. The number of aliphatic hydroxyl groups excluding tert-OH is 1. The Morgan fingerprint density at radius 1 is 1.26 bits per heavy atom. The third-order valence-corrected chi connectivity index (χ3v) is 4.90. The van der Waals surface area contributed by atoms with Crippen LogP contribution in [0.15, 0.2) is 24.3 Å². The molecule has 6 heteroatoms. The Morgan fingerprint density at radius 3 is 2.57 bits per heavy atom. The molecule has 0 aromatic heterocycles. The monoisotopic (exact) mass is 338 g/mol. The zero-order valence-corrected chi connectivity index (χ0v) is 13.8. The van der Waals surface area contributed by atoms with Gasteiger partial charge >= 0.3 is 6.03 Å². The third kappa shape index (κ3) is 4.16. The highest BCUT2D eigenvalue weighted by Crippen LogP contribution is 2.35. The number of aliphatic hydroxyl groups is 1. The molecule has 2 fully saturated rings. The fraction of sp³-hybridized carbons (Fsp3) is 0.588. The summed E-state index contributed by atoms with van der Waals surface area (Å²) in [4.78, 5) is 14.2. The minimum Gasteiger partial charge on any atom is -0.393 e. The Morgan fingerprint density at radius 2 is 1.91 bits per heavy atom. The Hall–Kier alpha value is -1.30. The highest BCUT2D eigenvalue weighted by atomic mass is 35.5. The molecule has 2 heterocycles. The summed E-state index contributed by atoms with van der Waals surface area (Å²) in [6.45, 7) is 1.47. The SMILES string of the molecule is O=C(NCCOCc1ccc(Cl)cc1)N1[C@H]2CC[C@H]1CC(O)C2. The van der Waals surface area contributed by atoms with E-state index < -0.39 is 0 Å². The number of rotatable bonds is 5. The maximum Gasteiger partial charge on any atom is 0.317 e. The summed E-state index contributed by atoms with van der Waals surface area (Å²) >= 11 is 5.83. The number of fused-ring (bicyclic) bond motifs is 2. The van der Waals surface area contributed by atoms with E-state index in [1.807, 2.05) is 29.2 Å². The molecule has 2 amide bonds. The smallest absolute Gasteiger partial charge is 0.317 e. The van der Waals surface area contributed by atoms with Crippen LogP contribution in [0, 0.1) is 0 Å². The third-order valence-electron chi connectivity index (χ3n) is 4.65. The van der Waals surface area contributed by atoms with E-state index in [0.717, 1.165) is 18.4 Å². The molecular formula is C17H23ClN2O3. The van der Waals surface area contributed by atoms with Crippen molar-refractivity contribution in [3.05, 3.63) is 34.9 Å². The lowest BCUT2D eigenvalue weighted by molar-refractivity contribution is 0.0530. The molecule has 2 saturated heterocycles. The van der Waals surface area contributed by atoms with E-state index in [-0.39, 0.29) is 24.2 Å². The van der Waals surface area contributed by atoms with Gasteiger partial charge in [0, 0.05) is 23.7 Å². The van der Waals surface area contributed by atoms with Crippen LogP contribution in [-0.2, 0) is 11.3 Å². The number of ether oxygens (including phenoxy) is 1. The molecule has 5 nitrogen and oxygen atoms in total. The minimum absolute atomic E-state index is 0.0282. The maximum absolute atomic E-state index is 12.3. The van der Waals surface area contributed by atoms with Crippen LogP contribution in [0.4, 0.5) is 4.79 Å². The van der Waals surface area contributed by atoms with Crippen LogP contribution in [0.1, 0.15) is 31.2 Å². The molecule has 2 atom stereocenters. The standard InChI is InChI=1S/C17H23ClN2O3/c18-13-3-1-12(2-4-13)11-23-8-7-19-17(22)20-14-5-6-15(20)10-16(21)9-14/h1-4,14-16,21H,5-11H2,(H,19,22)/t14-,15-/m0/s1. The Labute approximate surface area is 141 Å². The van der Waals surface area contributed by atoms with E-state index in [9.17, 15) is 9.90 Å². The van der Waals surface area contributed by atoms with Gasteiger partial charge in [0.15, 0.2) is 0 Å². The number of benzene rings is 1. The number of nitrogens with zero attached hydrogens (tertiary/aromatic N) is 1. The summed E-state index contributed by atoms with van der Waals surface area (Å²) in [5, 5.41) is 13.4. The van der Waals surface area contributed by atoms with Gasteiger partial charge in [0.2, 0.25) is 0 Å². The van der Waals surface area contributed by atoms with Gasteiger partial charge in [-0.2, -0.15) is 0 Å². The molecule has 2 aliphatic rings. The van der Waals surface area contributed by atoms with Gasteiger partial charge in [-0.15, -0.1) is 0 Å². The first kappa shape index (κ1) is 16.6. The second kappa shape index (κ2) is 7.51. The van der Waals surface area contributed by atoms with E-state index in [4.69, 9.17) is 16.3 Å². The van der Waals surface area contributed by atoms with E-state index in [0.29, 0.717) is 37.6 Å². The molecule has 3 rings (SSSR count). The van der Waals surface area contributed by atoms with Crippen molar-refractivity contribution in [2.45, 2.75) is 50.5 Å². The number of piperidine rings is 1. The molecule has 1 aromatic rings. The average molecular weight is 339 g/mol. The number of carbonyl (C=O) groups excluding carboxylic acids is 1. The second-order valence-corrected chi connectivity index (χ2v) is 6.76. The summed E-state index contributed by atoms with van der Waals surface area (Å²) in [5.74, 6) is 0. The molecule has 0 unspecified atom stereocenters. The van der Waals surface area contributed by atoms with E-state index in [1.165, 1.54) is 0 Å². The number of amides is 2. The summed E-state index contributed by atoms with van der Waals surface area (Å²) < 4.78 is 5.57. The van der Waals surface area contributed by atoms with Crippen LogP contribution in [0.5, 0.6) is 0 Å². The van der Waals surface area contributed by atoms with Crippen LogP contribution in [-0.4, -0.2) is 47.4 Å². The van der Waals surface area contributed by atoms with Crippen molar-refractivity contribution < 1.29 is 14.6 Å². The molecule has 23 heavy (non-hydrogen) atoms. The number of halogens is 1. The van der Waals surface area contributed by atoms with E-state index >= 15 is 0 Å². The number of hydrogen-bond acceptors (Lipinski definition) is 3. The van der Waals surface area contributed by atoms with Gasteiger partial charge in [-0.25, -0.2) is 4.79 Å². The Balaban J connectivity index is 1.36. The number of urea groups is 1. The van der Waals surface area contributed by atoms with Crippen LogP contribution >= 0.6 is 11.6 Å². The van der Waals surface area contributed by atoms with Gasteiger partial charge in [-0.1, -0.05) is 23.7 Å². The molecule has 0 aliphatic carbocycles. The number of hydrogen-bond donors (Lipinski definition) is 2. The summed E-state index contributed by atoms with van der Waals surface area (Å²) in [6.07, 6.45) is 3.16. The van der Waals surface area contributed by atoms with Crippen molar-refractivity contribution in [2.24, 2.45) is 0 Å². The zero-order chi connectivity index (χ0) is 16.2. The van der Waals surface area contributed by atoms with E-state index in [2.05, 4.69) is 5.32 Å². The molecule has 0 radical (unpaired) electrons. The molecule has 126 valence electrons. The molecular weight excluding hydrogens is 316 g/mol. The number of carbonyl (C=O) groups is 1. The van der Waals surface area contributed by atoms with Crippen LogP contribution in [0.2, 0.25) is 5.02 Å². The zero-order valence-electron chi connectivity index (χ0n) is 13.1. The van der Waals surface area contributed by atoms with Crippen molar-refractivity contribution in [2.75, 3.05) is 13.2 Å². The molecule has 1 aromatic carbocycles. The van der Waals surface area contributed by atoms with Crippen LogP contribution in [0.25, 0.3) is 0 Å². The predicted octanol–water partition coefficient (Wildman–Crippen LogP) is 2.55. The minimum atomic E-state index is -0.251. The van der Waals surface area contributed by atoms with Gasteiger partial charge < -0.3 is 20.1 Å². The van der Waals surface area contributed by atoms with Gasteiger partial charge in [-0.05, 0) is 43.4 Å². The molecule has 2 bridgehead atoms. The Kier molecular flexibility index (Phi) is 5.41. The van der Waals surface area contributed by atoms with Crippen LogP contribution < -0.4 is 5.32 Å². The average Bonchev–Trinajstić information content (AvgIpc) is 2.80. The highest BCUT2D eigenvalue weighted by molar-refractivity contribution is 6.30. The Bertz CT molecular complexity index is 523. The first-order valence-electron chi connectivity index (χ1n) is 8.20. The summed E-state index contributed by atoms with van der Waals surface area (Å²) in [5.41, 5.74) is 1.06. The molecule has 0 saturated carbocycles. The summed E-state index contributed by atoms with van der Waals surface area (Å²) in [6, 6.07) is 7.89.